The highest BCUT2D eigenvalue weighted by Crippen LogP contribution is 2.32. The molecule has 1 aliphatic carbocycles. The first-order valence-electron chi connectivity index (χ1n) is 7.27. The van der Waals surface area contributed by atoms with Gasteiger partial charge in [-0.25, -0.2) is 0 Å². The summed E-state index contributed by atoms with van der Waals surface area (Å²) in [6.45, 7) is 1.25. The fraction of sp³-hybridized carbons (Fsp3) is 0.438. The number of benzene rings is 1. The van der Waals surface area contributed by atoms with Gasteiger partial charge >= 0.3 is 0 Å². The van der Waals surface area contributed by atoms with Crippen molar-refractivity contribution < 1.29 is 9.47 Å². The summed E-state index contributed by atoms with van der Waals surface area (Å²) in [5.41, 5.74) is 2.03. The van der Waals surface area contributed by atoms with Crippen molar-refractivity contribution in [1.29, 1.82) is 0 Å². The maximum Gasteiger partial charge on any atom is 0.166 e. The van der Waals surface area contributed by atoms with E-state index in [0.29, 0.717) is 12.6 Å². The topological polar surface area (TPSA) is 48.3 Å². The van der Waals surface area contributed by atoms with Gasteiger partial charge < -0.3 is 14.8 Å². The Bertz CT molecular complexity index is 605. The summed E-state index contributed by atoms with van der Waals surface area (Å²) < 4.78 is 13.2. The molecule has 1 saturated carbocycles. The maximum atomic E-state index is 5.97. The van der Waals surface area contributed by atoms with Gasteiger partial charge in [-0.15, -0.1) is 0 Å². The summed E-state index contributed by atoms with van der Waals surface area (Å²) in [6, 6.07) is 8.62. The van der Waals surface area contributed by atoms with Crippen molar-refractivity contribution in [3.05, 3.63) is 41.7 Å². The van der Waals surface area contributed by atoms with Crippen LogP contribution in [0.5, 0.6) is 11.5 Å². The molecule has 3 rings (SSSR count). The molecule has 0 unspecified atom stereocenters. The second-order valence-corrected chi connectivity index (χ2v) is 5.37. The predicted molar refractivity (Wildman–Crippen MR) is 80.4 cm³/mol. The molecule has 0 bridgehead atoms. The van der Waals surface area contributed by atoms with E-state index in [-0.39, 0.29) is 0 Å². The van der Waals surface area contributed by atoms with Crippen molar-refractivity contribution >= 4 is 0 Å². The number of nitrogens with one attached hydrogen (secondary N) is 1. The molecule has 0 aliphatic heterocycles. The number of nitrogens with zero attached hydrogens (tertiary/aromatic N) is 2. The molecular weight excluding hydrogens is 266 g/mol. The SMILES string of the molecule is COc1cccc(CNC2CC2)c1OCc1ccn(C)n1. The van der Waals surface area contributed by atoms with E-state index in [0.717, 1.165) is 29.3 Å². The molecule has 5 heteroatoms. The molecule has 1 N–H and O–H groups in total. The number of aromatic nitrogens is 2. The van der Waals surface area contributed by atoms with Gasteiger partial charge in [-0.05, 0) is 25.0 Å². The molecule has 21 heavy (non-hydrogen) atoms. The van der Waals surface area contributed by atoms with Crippen molar-refractivity contribution in [2.75, 3.05) is 7.11 Å². The van der Waals surface area contributed by atoms with Crippen LogP contribution in [0.4, 0.5) is 0 Å². The summed E-state index contributed by atoms with van der Waals surface area (Å²) in [5, 5.41) is 7.84. The van der Waals surface area contributed by atoms with Gasteiger partial charge in [0.15, 0.2) is 11.5 Å². The summed E-state index contributed by atoms with van der Waals surface area (Å²) in [6.07, 6.45) is 4.46. The maximum absolute atomic E-state index is 5.97. The van der Waals surface area contributed by atoms with Gasteiger partial charge in [0.25, 0.3) is 0 Å². The number of methoxy groups -OCH3 is 1. The second kappa shape index (κ2) is 6.18. The van der Waals surface area contributed by atoms with E-state index in [1.165, 1.54) is 12.8 Å². The quantitative estimate of drug-likeness (QED) is 0.848. The largest absolute Gasteiger partial charge is 0.493 e. The monoisotopic (exact) mass is 287 g/mol. The third kappa shape index (κ3) is 3.55. The Labute approximate surface area is 124 Å². The van der Waals surface area contributed by atoms with Crippen molar-refractivity contribution in [3.63, 3.8) is 0 Å². The number of hydrogen-bond acceptors (Lipinski definition) is 4. The number of ether oxygens (including phenoxy) is 2. The van der Waals surface area contributed by atoms with Crippen molar-refractivity contribution in [2.24, 2.45) is 7.05 Å². The first-order valence-corrected chi connectivity index (χ1v) is 7.27. The smallest absolute Gasteiger partial charge is 0.166 e. The van der Waals surface area contributed by atoms with E-state index in [9.17, 15) is 0 Å². The Morgan fingerprint density at radius 2 is 2.19 bits per heavy atom. The highest BCUT2D eigenvalue weighted by Gasteiger charge is 2.21. The van der Waals surface area contributed by atoms with Crippen LogP contribution in [0.25, 0.3) is 0 Å². The Morgan fingerprint density at radius 3 is 2.86 bits per heavy atom. The van der Waals surface area contributed by atoms with Crippen LogP contribution in [0.15, 0.2) is 30.5 Å². The molecule has 5 nitrogen and oxygen atoms in total. The standard InChI is InChI=1S/C16H21N3O2/c1-19-9-8-14(18-19)11-21-16-12(10-17-13-6-7-13)4-3-5-15(16)20-2/h3-5,8-9,13,17H,6-7,10-11H2,1-2H3. The van der Waals surface area contributed by atoms with E-state index < -0.39 is 0 Å². The van der Waals surface area contributed by atoms with Gasteiger partial charge in [0.2, 0.25) is 0 Å². The van der Waals surface area contributed by atoms with E-state index in [1.807, 2.05) is 31.4 Å². The minimum atomic E-state index is 0.442. The molecule has 0 radical (unpaired) electrons. The minimum absolute atomic E-state index is 0.442. The van der Waals surface area contributed by atoms with Crippen LogP contribution in [0.1, 0.15) is 24.1 Å². The van der Waals surface area contributed by atoms with Crippen LogP contribution < -0.4 is 14.8 Å². The van der Waals surface area contributed by atoms with Crippen LogP contribution in [-0.2, 0) is 20.2 Å². The lowest BCUT2D eigenvalue weighted by atomic mass is 10.2. The lowest BCUT2D eigenvalue weighted by molar-refractivity contribution is 0.276. The first kappa shape index (κ1) is 13.9. The molecule has 1 aliphatic rings. The van der Waals surface area contributed by atoms with Gasteiger partial charge in [-0.2, -0.15) is 5.10 Å². The van der Waals surface area contributed by atoms with E-state index in [2.05, 4.69) is 16.5 Å². The van der Waals surface area contributed by atoms with Crippen LogP contribution >= 0.6 is 0 Å². The lowest BCUT2D eigenvalue weighted by Crippen LogP contribution is -2.16. The molecule has 1 heterocycles. The number of para-hydroxylation sites is 1. The van der Waals surface area contributed by atoms with E-state index in [1.54, 1.807) is 11.8 Å². The third-order valence-corrected chi connectivity index (χ3v) is 3.57. The Balaban J connectivity index is 1.73. The Hall–Kier alpha value is -2.01. The van der Waals surface area contributed by atoms with Crippen LogP contribution in [0, 0.1) is 0 Å². The Kier molecular flexibility index (Phi) is 4.10. The molecule has 2 aromatic rings. The normalized spacial score (nSPS) is 14.2. The van der Waals surface area contributed by atoms with Gasteiger partial charge in [-0.1, -0.05) is 12.1 Å². The first-order chi connectivity index (χ1) is 10.3. The fourth-order valence-electron chi connectivity index (χ4n) is 2.25. The molecule has 1 fully saturated rings. The van der Waals surface area contributed by atoms with E-state index in [4.69, 9.17) is 9.47 Å². The molecule has 0 spiro atoms. The Morgan fingerprint density at radius 1 is 1.33 bits per heavy atom. The zero-order chi connectivity index (χ0) is 14.7. The average molecular weight is 287 g/mol. The molecular formula is C16H21N3O2. The van der Waals surface area contributed by atoms with Gasteiger partial charge in [-0.3, -0.25) is 4.68 Å². The zero-order valence-corrected chi connectivity index (χ0v) is 12.5. The summed E-state index contributed by atoms with van der Waals surface area (Å²) in [4.78, 5) is 0. The molecule has 0 amide bonds. The number of rotatable bonds is 7. The number of aryl methyl sites for hydroxylation is 1. The summed E-state index contributed by atoms with van der Waals surface area (Å²) in [7, 11) is 3.57. The molecule has 112 valence electrons. The van der Waals surface area contributed by atoms with Crippen molar-refractivity contribution in [1.82, 2.24) is 15.1 Å². The highest BCUT2D eigenvalue weighted by atomic mass is 16.5. The molecule has 0 saturated heterocycles. The van der Waals surface area contributed by atoms with Crippen LogP contribution in [-0.4, -0.2) is 22.9 Å². The van der Waals surface area contributed by atoms with E-state index >= 15 is 0 Å². The van der Waals surface area contributed by atoms with Gasteiger partial charge in [0.1, 0.15) is 6.61 Å². The summed E-state index contributed by atoms with van der Waals surface area (Å²) >= 11 is 0. The molecule has 1 aromatic heterocycles. The predicted octanol–water partition coefficient (Wildman–Crippen LogP) is 2.26. The number of hydrogen-bond donors (Lipinski definition) is 1. The van der Waals surface area contributed by atoms with Crippen molar-refractivity contribution in [3.8, 4) is 11.5 Å². The van der Waals surface area contributed by atoms with Gasteiger partial charge in [0.05, 0.1) is 12.8 Å². The van der Waals surface area contributed by atoms with Crippen LogP contribution in [0.2, 0.25) is 0 Å². The summed E-state index contributed by atoms with van der Waals surface area (Å²) in [5.74, 6) is 1.57. The highest BCUT2D eigenvalue weighted by molar-refractivity contribution is 5.46. The zero-order valence-electron chi connectivity index (χ0n) is 12.5. The van der Waals surface area contributed by atoms with Crippen molar-refractivity contribution in [2.45, 2.75) is 32.0 Å². The second-order valence-electron chi connectivity index (χ2n) is 5.37. The average Bonchev–Trinajstić information content (AvgIpc) is 3.24. The lowest BCUT2D eigenvalue weighted by Gasteiger charge is -2.15. The van der Waals surface area contributed by atoms with Crippen LogP contribution in [0.3, 0.4) is 0 Å². The minimum Gasteiger partial charge on any atom is -0.493 e. The molecule has 1 aromatic carbocycles. The molecule has 0 atom stereocenters. The third-order valence-electron chi connectivity index (χ3n) is 3.57. The fourth-order valence-corrected chi connectivity index (χ4v) is 2.25. The van der Waals surface area contributed by atoms with Gasteiger partial charge in [0, 0.05) is 31.4 Å².